The highest BCUT2D eigenvalue weighted by molar-refractivity contribution is 5.76. The molecule has 2 atom stereocenters. The SMILES string of the molecule is CC1CCC(NC(=O)N2C3CC(C)CC2C3)CC1. The van der Waals surface area contributed by atoms with Crippen molar-refractivity contribution in [1.82, 2.24) is 10.2 Å². The number of piperidine rings is 1. The second kappa shape index (κ2) is 4.75. The van der Waals surface area contributed by atoms with Crippen LogP contribution in [0.4, 0.5) is 4.79 Å². The Morgan fingerprint density at radius 1 is 0.944 bits per heavy atom. The monoisotopic (exact) mass is 250 g/mol. The van der Waals surface area contributed by atoms with E-state index in [2.05, 4.69) is 24.1 Å². The molecule has 3 heteroatoms. The quantitative estimate of drug-likeness (QED) is 0.762. The van der Waals surface area contributed by atoms with Gasteiger partial charge in [0, 0.05) is 18.1 Å². The first-order valence-corrected chi connectivity index (χ1v) is 7.72. The lowest BCUT2D eigenvalue weighted by molar-refractivity contribution is -0.0126. The number of urea groups is 1. The molecule has 3 rings (SSSR count). The van der Waals surface area contributed by atoms with Gasteiger partial charge in [-0.05, 0) is 56.8 Å². The van der Waals surface area contributed by atoms with E-state index in [1.165, 1.54) is 44.9 Å². The van der Waals surface area contributed by atoms with Crippen molar-refractivity contribution in [2.24, 2.45) is 11.8 Å². The van der Waals surface area contributed by atoms with E-state index in [1.54, 1.807) is 0 Å². The molecule has 2 amide bonds. The summed E-state index contributed by atoms with van der Waals surface area (Å²) < 4.78 is 0. The van der Waals surface area contributed by atoms with E-state index < -0.39 is 0 Å². The molecule has 0 spiro atoms. The van der Waals surface area contributed by atoms with Crippen LogP contribution in [0.15, 0.2) is 0 Å². The van der Waals surface area contributed by atoms with Gasteiger partial charge in [-0.1, -0.05) is 13.8 Å². The number of nitrogens with zero attached hydrogens (tertiary/aromatic N) is 1. The molecule has 18 heavy (non-hydrogen) atoms. The molecular formula is C15H26N2O. The van der Waals surface area contributed by atoms with Crippen molar-refractivity contribution in [3.63, 3.8) is 0 Å². The Balaban J connectivity index is 1.50. The third-order valence-corrected chi connectivity index (χ3v) is 5.26. The third kappa shape index (κ3) is 2.24. The van der Waals surface area contributed by atoms with Crippen LogP contribution in [0.3, 0.4) is 0 Å². The molecule has 1 N–H and O–H groups in total. The second-order valence-electron chi connectivity index (χ2n) is 6.93. The molecule has 0 radical (unpaired) electrons. The maximum atomic E-state index is 12.3. The molecule has 102 valence electrons. The minimum atomic E-state index is 0.225. The lowest BCUT2D eigenvalue weighted by Crippen LogP contribution is -2.65. The number of carbonyl (C=O) groups excluding carboxylic acids is 1. The smallest absolute Gasteiger partial charge is 0.318 e. The molecule has 0 aromatic rings. The molecule has 3 nitrogen and oxygen atoms in total. The molecule has 2 heterocycles. The van der Waals surface area contributed by atoms with Crippen LogP contribution in [0, 0.1) is 11.8 Å². The second-order valence-corrected chi connectivity index (χ2v) is 6.93. The van der Waals surface area contributed by atoms with Crippen LogP contribution in [-0.4, -0.2) is 29.1 Å². The van der Waals surface area contributed by atoms with E-state index >= 15 is 0 Å². The Morgan fingerprint density at radius 3 is 2.17 bits per heavy atom. The zero-order chi connectivity index (χ0) is 12.7. The number of nitrogens with one attached hydrogen (secondary N) is 1. The predicted octanol–water partition coefficient (Wildman–Crippen LogP) is 3.15. The van der Waals surface area contributed by atoms with Gasteiger partial charge in [-0.15, -0.1) is 0 Å². The van der Waals surface area contributed by atoms with Crippen molar-refractivity contribution in [2.75, 3.05) is 0 Å². The lowest BCUT2D eigenvalue weighted by atomic mass is 9.74. The number of fused-ring (bicyclic) bond motifs is 2. The summed E-state index contributed by atoms with van der Waals surface area (Å²) in [6.07, 6.45) is 8.57. The largest absolute Gasteiger partial charge is 0.335 e. The fraction of sp³-hybridized carbons (Fsp3) is 0.933. The van der Waals surface area contributed by atoms with Gasteiger partial charge in [-0.25, -0.2) is 4.79 Å². The summed E-state index contributed by atoms with van der Waals surface area (Å²) in [5.41, 5.74) is 0. The van der Waals surface area contributed by atoms with Gasteiger partial charge in [0.15, 0.2) is 0 Å². The van der Waals surface area contributed by atoms with Gasteiger partial charge in [0.05, 0.1) is 0 Å². The summed E-state index contributed by atoms with van der Waals surface area (Å²) in [6.45, 7) is 4.64. The molecule has 0 aromatic carbocycles. The molecule has 0 aromatic heterocycles. The van der Waals surface area contributed by atoms with Crippen molar-refractivity contribution < 1.29 is 4.79 Å². The lowest BCUT2D eigenvalue weighted by Gasteiger charge is -2.55. The van der Waals surface area contributed by atoms with E-state index in [0.29, 0.717) is 18.1 Å². The molecule has 2 bridgehead atoms. The van der Waals surface area contributed by atoms with Crippen LogP contribution in [0.5, 0.6) is 0 Å². The van der Waals surface area contributed by atoms with Gasteiger partial charge < -0.3 is 10.2 Å². The number of amides is 2. The molecule has 3 fully saturated rings. The summed E-state index contributed by atoms with van der Waals surface area (Å²) in [4.78, 5) is 14.4. The Morgan fingerprint density at radius 2 is 1.56 bits per heavy atom. The summed E-state index contributed by atoms with van der Waals surface area (Å²) in [5.74, 6) is 1.66. The van der Waals surface area contributed by atoms with E-state index in [1.807, 2.05) is 0 Å². The van der Waals surface area contributed by atoms with E-state index in [-0.39, 0.29) is 6.03 Å². The molecule has 2 aliphatic heterocycles. The Labute approximate surface area is 110 Å². The third-order valence-electron chi connectivity index (χ3n) is 5.26. The van der Waals surface area contributed by atoms with Crippen molar-refractivity contribution >= 4 is 6.03 Å². The Kier molecular flexibility index (Phi) is 3.25. The van der Waals surface area contributed by atoms with E-state index in [0.717, 1.165) is 11.8 Å². The van der Waals surface area contributed by atoms with E-state index in [9.17, 15) is 4.79 Å². The topological polar surface area (TPSA) is 32.3 Å². The fourth-order valence-electron chi connectivity index (χ4n) is 4.13. The van der Waals surface area contributed by atoms with Crippen LogP contribution < -0.4 is 5.32 Å². The van der Waals surface area contributed by atoms with Crippen LogP contribution in [0.25, 0.3) is 0 Å². The molecule has 2 saturated heterocycles. The number of carbonyl (C=O) groups is 1. The van der Waals surface area contributed by atoms with Gasteiger partial charge >= 0.3 is 6.03 Å². The highest BCUT2D eigenvalue weighted by Crippen LogP contribution is 2.41. The Bertz CT molecular complexity index is 310. The van der Waals surface area contributed by atoms with Crippen molar-refractivity contribution in [3.8, 4) is 0 Å². The first-order chi connectivity index (χ1) is 8.63. The van der Waals surface area contributed by atoms with Gasteiger partial charge in [0.1, 0.15) is 0 Å². The normalized spacial score (nSPS) is 43.2. The van der Waals surface area contributed by atoms with Gasteiger partial charge in [0.25, 0.3) is 0 Å². The number of hydrogen-bond donors (Lipinski definition) is 1. The van der Waals surface area contributed by atoms with Crippen LogP contribution >= 0.6 is 0 Å². The predicted molar refractivity (Wildman–Crippen MR) is 72.4 cm³/mol. The average molecular weight is 250 g/mol. The van der Waals surface area contributed by atoms with Crippen LogP contribution in [-0.2, 0) is 0 Å². The van der Waals surface area contributed by atoms with Crippen molar-refractivity contribution in [3.05, 3.63) is 0 Å². The van der Waals surface area contributed by atoms with E-state index in [4.69, 9.17) is 0 Å². The van der Waals surface area contributed by atoms with Gasteiger partial charge in [0.2, 0.25) is 0 Å². The van der Waals surface area contributed by atoms with Crippen molar-refractivity contribution in [2.45, 2.75) is 76.9 Å². The van der Waals surface area contributed by atoms with Crippen LogP contribution in [0.1, 0.15) is 58.8 Å². The maximum Gasteiger partial charge on any atom is 0.318 e. The van der Waals surface area contributed by atoms with Gasteiger partial charge in [-0.2, -0.15) is 0 Å². The minimum Gasteiger partial charge on any atom is -0.335 e. The number of hydrogen-bond acceptors (Lipinski definition) is 1. The van der Waals surface area contributed by atoms with Crippen molar-refractivity contribution in [1.29, 1.82) is 0 Å². The summed E-state index contributed by atoms with van der Waals surface area (Å²) in [7, 11) is 0. The average Bonchev–Trinajstić information content (AvgIpc) is 2.31. The molecule has 3 aliphatic rings. The first-order valence-electron chi connectivity index (χ1n) is 7.72. The first kappa shape index (κ1) is 12.3. The summed E-state index contributed by atoms with van der Waals surface area (Å²) >= 11 is 0. The zero-order valence-electron chi connectivity index (χ0n) is 11.7. The maximum absolute atomic E-state index is 12.3. The highest BCUT2D eigenvalue weighted by atomic mass is 16.2. The minimum absolute atomic E-state index is 0.225. The standard InChI is InChI=1S/C15H26N2O/c1-10-3-5-12(6-4-10)16-15(18)17-13-7-11(2)8-14(17)9-13/h10-14H,3-9H2,1-2H3,(H,16,18). The fourth-order valence-corrected chi connectivity index (χ4v) is 4.13. The molecule has 2 unspecified atom stereocenters. The summed E-state index contributed by atoms with van der Waals surface area (Å²) in [5, 5.41) is 3.27. The Hall–Kier alpha value is -0.730. The number of rotatable bonds is 1. The highest BCUT2D eigenvalue weighted by Gasteiger charge is 2.46. The van der Waals surface area contributed by atoms with Gasteiger partial charge in [-0.3, -0.25) is 0 Å². The molecular weight excluding hydrogens is 224 g/mol. The molecule has 1 aliphatic carbocycles. The summed E-state index contributed by atoms with van der Waals surface area (Å²) in [6, 6.07) is 1.75. The zero-order valence-corrected chi connectivity index (χ0v) is 11.7. The molecule has 1 saturated carbocycles. The van der Waals surface area contributed by atoms with Crippen LogP contribution in [0.2, 0.25) is 0 Å².